The second kappa shape index (κ2) is 9.23. The number of nitrogens with zero attached hydrogens (tertiary/aromatic N) is 1. The smallest absolute Gasteiger partial charge is 0.262 e. The minimum Gasteiger partial charge on any atom is -0.619 e. The van der Waals surface area contributed by atoms with Crippen LogP contribution >= 0.6 is 0 Å². The van der Waals surface area contributed by atoms with E-state index in [1.165, 1.54) is 31.6 Å². The molecule has 0 bridgehead atoms. The first kappa shape index (κ1) is 19.7. The predicted molar refractivity (Wildman–Crippen MR) is 107 cm³/mol. The Balaban J connectivity index is 1.58. The summed E-state index contributed by atoms with van der Waals surface area (Å²) in [6.07, 6.45) is 2.49. The summed E-state index contributed by atoms with van der Waals surface area (Å²) in [5, 5.41) is 16.5. The van der Waals surface area contributed by atoms with E-state index in [0.717, 1.165) is 0 Å². The molecule has 8 heteroatoms. The number of anilines is 2. The molecule has 29 heavy (non-hydrogen) atoms. The fraction of sp³-hybridized carbons (Fsp3) is 0.0952. The zero-order valence-corrected chi connectivity index (χ0v) is 15.6. The lowest BCUT2D eigenvalue weighted by Gasteiger charge is -2.11. The fourth-order valence-electron chi connectivity index (χ4n) is 2.52. The Morgan fingerprint density at radius 3 is 2.28 bits per heavy atom. The van der Waals surface area contributed by atoms with E-state index in [0.29, 0.717) is 33.2 Å². The highest BCUT2D eigenvalue weighted by molar-refractivity contribution is 6.04. The molecule has 3 rings (SSSR count). The Morgan fingerprint density at radius 1 is 0.931 bits per heavy atom. The van der Waals surface area contributed by atoms with Gasteiger partial charge in [0.15, 0.2) is 30.5 Å². The number of hydrogen-bond acceptors (Lipinski definition) is 5. The number of aromatic nitrogens is 1. The maximum absolute atomic E-state index is 12.2. The van der Waals surface area contributed by atoms with Gasteiger partial charge in [0.05, 0.1) is 12.7 Å². The fourth-order valence-corrected chi connectivity index (χ4v) is 2.52. The quantitative estimate of drug-likeness (QED) is 0.474. The molecule has 0 saturated heterocycles. The molecule has 0 aliphatic rings. The van der Waals surface area contributed by atoms with Crippen LogP contribution in [-0.2, 0) is 4.79 Å². The average Bonchev–Trinajstić information content (AvgIpc) is 2.73. The van der Waals surface area contributed by atoms with Crippen LogP contribution in [0.1, 0.15) is 10.4 Å². The molecule has 1 aromatic heterocycles. The third-order valence-corrected chi connectivity index (χ3v) is 3.90. The largest absolute Gasteiger partial charge is 0.619 e. The average molecular weight is 393 g/mol. The van der Waals surface area contributed by atoms with Gasteiger partial charge in [0.2, 0.25) is 0 Å². The molecule has 0 unspecified atom stereocenters. The minimum atomic E-state index is -0.367. The normalized spacial score (nSPS) is 10.1. The highest BCUT2D eigenvalue weighted by Gasteiger charge is 2.10. The Labute approximate surface area is 167 Å². The lowest BCUT2D eigenvalue weighted by atomic mass is 10.2. The van der Waals surface area contributed by atoms with Gasteiger partial charge in [0, 0.05) is 23.5 Å². The first-order chi connectivity index (χ1) is 14.0. The van der Waals surface area contributed by atoms with Gasteiger partial charge >= 0.3 is 0 Å². The Hall–Kier alpha value is -4.07. The van der Waals surface area contributed by atoms with Gasteiger partial charge in [-0.3, -0.25) is 9.59 Å². The summed E-state index contributed by atoms with van der Waals surface area (Å²) in [6.45, 7) is -0.198. The minimum absolute atomic E-state index is 0.198. The SMILES string of the molecule is COc1ccccc1OCC(=O)Nc1cccc(NC(=O)c2cc[n+]([O-])cc2)c1. The monoisotopic (exact) mass is 393 g/mol. The maximum atomic E-state index is 12.2. The molecule has 0 spiro atoms. The van der Waals surface area contributed by atoms with Crippen LogP contribution < -0.4 is 24.8 Å². The predicted octanol–water partition coefficient (Wildman–Crippen LogP) is 2.60. The van der Waals surface area contributed by atoms with Crippen LogP contribution in [0.25, 0.3) is 0 Å². The van der Waals surface area contributed by atoms with Gasteiger partial charge in [0.25, 0.3) is 11.8 Å². The van der Waals surface area contributed by atoms with E-state index in [2.05, 4.69) is 10.6 Å². The van der Waals surface area contributed by atoms with Crippen LogP contribution in [0.2, 0.25) is 0 Å². The zero-order valence-electron chi connectivity index (χ0n) is 15.6. The summed E-state index contributed by atoms with van der Waals surface area (Å²) in [4.78, 5) is 24.4. The molecular weight excluding hydrogens is 374 g/mol. The third kappa shape index (κ3) is 5.46. The van der Waals surface area contributed by atoms with Gasteiger partial charge < -0.3 is 25.3 Å². The van der Waals surface area contributed by atoms with E-state index in [9.17, 15) is 14.8 Å². The first-order valence-electron chi connectivity index (χ1n) is 8.71. The lowest BCUT2D eigenvalue weighted by molar-refractivity contribution is -0.605. The number of hydrogen-bond donors (Lipinski definition) is 2. The van der Waals surface area contributed by atoms with Crippen LogP contribution in [0, 0.1) is 5.21 Å². The van der Waals surface area contributed by atoms with Crippen molar-refractivity contribution in [3.05, 3.63) is 83.8 Å². The van der Waals surface area contributed by atoms with Gasteiger partial charge in [-0.15, -0.1) is 0 Å². The van der Waals surface area contributed by atoms with Gasteiger partial charge in [-0.2, -0.15) is 4.73 Å². The molecular formula is C21H19N3O5. The highest BCUT2D eigenvalue weighted by Crippen LogP contribution is 2.25. The lowest BCUT2D eigenvalue weighted by Crippen LogP contribution is -2.25. The van der Waals surface area contributed by atoms with Gasteiger partial charge in [0.1, 0.15) is 0 Å². The number of benzene rings is 2. The molecule has 3 aromatic rings. The van der Waals surface area contributed by atoms with Crippen LogP contribution in [0.4, 0.5) is 11.4 Å². The topological polar surface area (TPSA) is 104 Å². The summed E-state index contributed by atoms with van der Waals surface area (Å²) >= 11 is 0. The zero-order chi connectivity index (χ0) is 20.6. The molecule has 2 aromatic carbocycles. The van der Waals surface area contributed by atoms with Crippen molar-refractivity contribution in [2.24, 2.45) is 0 Å². The van der Waals surface area contributed by atoms with Crippen LogP contribution in [-0.4, -0.2) is 25.5 Å². The molecule has 0 saturated carbocycles. The number of ether oxygens (including phenoxy) is 2. The summed E-state index contributed by atoms with van der Waals surface area (Å²) in [5.41, 5.74) is 1.34. The second-order valence-corrected chi connectivity index (χ2v) is 5.97. The molecule has 1 heterocycles. The van der Waals surface area contributed by atoms with Gasteiger partial charge in [-0.05, 0) is 30.3 Å². The molecule has 2 N–H and O–H groups in total. The summed E-state index contributed by atoms with van der Waals surface area (Å²) in [7, 11) is 1.52. The van der Waals surface area contributed by atoms with Gasteiger partial charge in [-0.1, -0.05) is 18.2 Å². The summed E-state index contributed by atoms with van der Waals surface area (Å²) in [5.74, 6) is 0.276. The Kier molecular flexibility index (Phi) is 6.26. The molecule has 2 amide bonds. The molecule has 148 valence electrons. The number of rotatable bonds is 7. The number of carbonyl (C=O) groups excluding carboxylic acids is 2. The van der Waals surface area contributed by atoms with Gasteiger partial charge in [-0.25, -0.2) is 0 Å². The summed E-state index contributed by atoms with van der Waals surface area (Å²) in [6, 6.07) is 16.6. The van der Waals surface area contributed by atoms with E-state index in [4.69, 9.17) is 9.47 Å². The van der Waals surface area contributed by atoms with Crippen LogP contribution in [0.3, 0.4) is 0 Å². The second-order valence-electron chi connectivity index (χ2n) is 5.97. The van der Waals surface area contributed by atoms with Crippen molar-refractivity contribution in [2.45, 2.75) is 0 Å². The van der Waals surface area contributed by atoms with Crippen molar-refractivity contribution in [3.63, 3.8) is 0 Å². The van der Waals surface area contributed by atoms with Crippen molar-refractivity contribution < 1.29 is 23.8 Å². The number of carbonyl (C=O) groups is 2. The standard InChI is InChI=1S/C21H19N3O5/c1-28-18-7-2-3-8-19(18)29-14-20(25)22-16-5-4-6-17(13-16)23-21(26)15-9-11-24(27)12-10-15/h2-13H,14H2,1H3,(H,22,25)(H,23,26). The van der Waals surface area contributed by atoms with E-state index in [1.807, 2.05) is 0 Å². The van der Waals surface area contributed by atoms with E-state index in [1.54, 1.807) is 48.5 Å². The Bertz CT molecular complexity index is 1010. The Morgan fingerprint density at radius 2 is 1.59 bits per heavy atom. The number of methoxy groups -OCH3 is 1. The number of pyridine rings is 1. The van der Waals surface area contributed by atoms with Crippen molar-refractivity contribution >= 4 is 23.2 Å². The van der Waals surface area contributed by atoms with E-state index < -0.39 is 0 Å². The molecule has 0 atom stereocenters. The molecule has 0 aliphatic carbocycles. The van der Waals surface area contributed by atoms with E-state index >= 15 is 0 Å². The number of amides is 2. The first-order valence-corrected chi connectivity index (χ1v) is 8.71. The maximum Gasteiger partial charge on any atom is 0.262 e. The number of nitrogens with one attached hydrogen (secondary N) is 2. The van der Waals surface area contributed by atoms with Crippen LogP contribution in [0.5, 0.6) is 11.5 Å². The summed E-state index contributed by atoms with van der Waals surface area (Å²) < 4.78 is 11.3. The van der Waals surface area contributed by atoms with Crippen LogP contribution in [0.15, 0.2) is 73.1 Å². The number of para-hydroxylation sites is 2. The molecule has 8 nitrogen and oxygen atoms in total. The van der Waals surface area contributed by atoms with Crippen molar-refractivity contribution in [1.82, 2.24) is 0 Å². The molecule has 0 aliphatic heterocycles. The third-order valence-electron chi connectivity index (χ3n) is 3.90. The highest BCUT2D eigenvalue weighted by atomic mass is 16.5. The van der Waals surface area contributed by atoms with Crippen molar-refractivity contribution in [1.29, 1.82) is 0 Å². The molecule has 0 fully saturated rings. The van der Waals surface area contributed by atoms with Crippen molar-refractivity contribution in [2.75, 3.05) is 24.4 Å². The van der Waals surface area contributed by atoms with E-state index in [-0.39, 0.29) is 18.4 Å². The van der Waals surface area contributed by atoms with Crippen molar-refractivity contribution in [3.8, 4) is 11.5 Å². The molecule has 0 radical (unpaired) electrons.